The maximum atomic E-state index is 6.02. The molecule has 0 saturated heterocycles. The Morgan fingerprint density at radius 1 is 1.47 bits per heavy atom. The van der Waals surface area contributed by atoms with Gasteiger partial charge in [0.1, 0.15) is 0 Å². The van der Waals surface area contributed by atoms with Crippen LogP contribution >= 0.6 is 0 Å². The van der Waals surface area contributed by atoms with Gasteiger partial charge in [0, 0.05) is 6.04 Å². The molecule has 1 aliphatic rings. The van der Waals surface area contributed by atoms with Crippen molar-refractivity contribution < 1.29 is 0 Å². The van der Waals surface area contributed by atoms with Gasteiger partial charge in [-0.3, -0.25) is 0 Å². The third-order valence-electron chi connectivity index (χ3n) is 3.81. The van der Waals surface area contributed by atoms with Crippen LogP contribution in [0.25, 0.3) is 0 Å². The van der Waals surface area contributed by atoms with Gasteiger partial charge in [-0.2, -0.15) is 0 Å². The summed E-state index contributed by atoms with van der Waals surface area (Å²) in [6.45, 7) is 4.57. The molecule has 1 aromatic carbocycles. The molecule has 0 aliphatic heterocycles. The Bertz CT molecular complexity index is 345. The van der Waals surface area contributed by atoms with Gasteiger partial charge in [-0.05, 0) is 42.2 Å². The monoisotopic (exact) mass is 203 g/mol. The van der Waals surface area contributed by atoms with Gasteiger partial charge in [-0.1, -0.05) is 38.1 Å². The molecule has 15 heavy (non-hydrogen) atoms. The number of aryl methyl sites for hydroxylation is 1. The van der Waals surface area contributed by atoms with Crippen LogP contribution in [-0.2, 0) is 11.8 Å². The van der Waals surface area contributed by atoms with Crippen molar-refractivity contribution in [1.29, 1.82) is 0 Å². The zero-order valence-corrected chi connectivity index (χ0v) is 9.79. The molecule has 0 amide bonds. The average Bonchev–Trinajstić information content (AvgIpc) is 2.60. The smallest absolute Gasteiger partial charge is 0.00475 e. The summed E-state index contributed by atoms with van der Waals surface area (Å²) >= 11 is 0. The van der Waals surface area contributed by atoms with E-state index in [9.17, 15) is 0 Å². The van der Waals surface area contributed by atoms with Crippen molar-refractivity contribution in [2.24, 2.45) is 5.73 Å². The molecule has 2 rings (SSSR count). The van der Waals surface area contributed by atoms with Gasteiger partial charge in [-0.25, -0.2) is 0 Å². The van der Waals surface area contributed by atoms with Gasteiger partial charge in [0.15, 0.2) is 0 Å². The van der Waals surface area contributed by atoms with E-state index >= 15 is 0 Å². The van der Waals surface area contributed by atoms with Crippen LogP contribution in [-0.4, -0.2) is 6.04 Å². The first kappa shape index (κ1) is 10.7. The molecule has 1 aliphatic carbocycles. The van der Waals surface area contributed by atoms with Gasteiger partial charge in [0.05, 0.1) is 0 Å². The lowest BCUT2D eigenvalue weighted by Crippen LogP contribution is -2.22. The standard InChI is InChI=1S/C14H21N/c1-3-11-5-4-6-12(9-11)14(2)8-7-13(15)10-14/h4-6,9,13H,3,7-8,10,15H2,1-2H3. The fraction of sp³-hybridized carbons (Fsp3) is 0.571. The van der Waals surface area contributed by atoms with E-state index in [1.165, 1.54) is 24.0 Å². The molecule has 0 heterocycles. The second kappa shape index (κ2) is 3.97. The normalized spacial score (nSPS) is 30.7. The summed E-state index contributed by atoms with van der Waals surface area (Å²) < 4.78 is 0. The highest BCUT2D eigenvalue weighted by atomic mass is 14.7. The van der Waals surface area contributed by atoms with Crippen molar-refractivity contribution >= 4 is 0 Å². The lowest BCUT2D eigenvalue weighted by atomic mass is 9.80. The first-order chi connectivity index (χ1) is 7.14. The SMILES string of the molecule is CCc1cccc(C2(C)CCC(N)C2)c1. The molecule has 1 saturated carbocycles. The molecule has 82 valence electrons. The summed E-state index contributed by atoms with van der Waals surface area (Å²) in [4.78, 5) is 0. The van der Waals surface area contributed by atoms with E-state index in [4.69, 9.17) is 5.73 Å². The van der Waals surface area contributed by atoms with E-state index in [2.05, 4.69) is 38.1 Å². The molecule has 2 N–H and O–H groups in total. The zero-order valence-electron chi connectivity index (χ0n) is 9.79. The molecule has 0 radical (unpaired) electrons. The summed E-state index contributed by atoms with van der Waals surface area (Å²) in [5.74, 6) is 0. The first-order valence-electron chi connectivity index (χ1n) is 5.99. The predicted molar refractivity (Wildman–Crippen MR) is 65.0 cm³/mol. The van der Waals surface area contributed by atoms with Crippen LogP contribution in [0.1, 0.15) is 44.2 Å². The minimum Gasteiger partial charge on any atom is -0.328 e. The van der Waals surface area contributed by atoms with Gasteiger partial charge >= 0.3 is 0 Å². The second-order valence-electron chi connectivity index (χ2n) is 5.12. The van der Waals surface area contributed by atoms with Crippen molar-refractivity contribution in [2.45, 2.75) is 51.0 Å². The fourth-order valence-electron chi connectivity index (χ4n) is 2.72. The minimum absolute atomic E-state index is 0.324. The summed E-state index contributed by atoms with van der Waals surface area (Å²) in [6, 6.07) is 9.42. The average molecular weight is 203 g/mol. The molecule has 0 aromatic heterocycles. The minimum atomic E-state index is 0.324. The number of rotatable bonds is 2. The maximum absolute atomic E-state index is 6.02. The first-order valence-corrected chi connectivity index (χ1v) is 5.99. The molecule has 0 bridgehead atoms. The highest BCUT2D eigenvalue weighted by Crippen LogP contribution is 2.40. The zero-order chi connectivity index (χ0) is 10.9. The Labute approximate surface area is 92.7 Å². The Balaban J connectivity index is 2.28. The van der Waals surface area contributed by atoms with Crippen molar-refractivity contribution in [1.82, 2.24) is 0 Å². The van der Waals surface area contributed by atoms with Gasteiger partial charge in [-0.15, -0.1) is 0 Å². The Morgan fingerprint density at radius 2 is 2.27 bits per heavy atom. The maximum Gasteiger partial charge on any atom is 0.00475 e. The lowest BCUT2D eigenvalue weighted by Gasteiger charge is -2.25. The van der Waals surface area contributed by atoms with Crippen molar-refractivity contribution in [3.8, 4) is 0 Å². The number of nitrogens with two attached hydrogens (primary N) is 1. The molecular formula is C14H21N. The Kier molecular flexibility index (Phi) is 2.83. The van der Waals surface area contributed by atoms with Crippen LogP contribution in [0.15, 0.2) is 24.3 Å². The van der Waals surface area contributed by atoms with Crippen molar-refractivity contribution in [3.05, 3.63) is 35.4 Å². The predicted octanol–water partition coefficient (Wildman–Crippen LogP) is 3.02. The van der Waals surface area contributed by atoms with E-state index in [1.807, 2.05) is 0 Å². The van der Waals surface area contributed by atoms with Crippen LogP contribution < -0.4 is 5.73 Å². The van der Waals surface area contributed by atoms with E-state index in [0.717, 1.165) is 12.8 Å². The summed E-state index contributed by atoms with van der Waals surface area (Å²) in [5, 5.41) is 0. The summed E-state index contributed by atoms with van der Waals surface area (Å²) in [6.07, 6.45) is 4.67. The second-order valence-corrected chi connectivity index (χ2v) is 5.12. The number of hydrogen-bond donors (Lipinski definition) is 1. The molecule has 1 heteroatoms. The summed E-state index contributed by atoms with van der Waals surface area (Å²) in [5.41, 5.74) is 9.26. The van der Waals surface area contributed by atoms with Gasteiger partial charge < -0.3 is 5.73 Å². The van der Waals surface area contributed by atoms with E-state index in [-0.39, 0.29) is 0 Å². The number of benzene rings is 1. The van der Waals surface area contributed by atoms with E-state index in [0.29, 0.717) is 11.5 Å². The quantitative estimate of drug-likeness (QED) is 0.785. The van der Waals surface area contributed by atoms with Crippen LogP contribution in [0.5, 0.6) is 0 Å². The lowest BCUT2D eigenvalue weighted by molar-refractivity contribution is 0.482. The van der Waals surface area contributed by atoms with Crippen LogP contribution in [0.2, 0.25) is 0 Å². The fourth-order valence-corrected chi connectivity index (χ4v) is 2.72. The van der Waals surface area contributed by atoms with Gasteiger partial charge in [0.2, 0.25) is 0 Å². The van der Waals surface area contributed by atoms with Gasteiger partial charge in [0.25, 0.3) is 0 Å². The molecule has 1 fully saturated rings. The van der Waals surface area contributed by atoms with Crippen LogP contribution in [0.3, 0.4) is 0 Å². The van der Waals surface area contributed by atoms with Crippen molar-refractivity contribution in [3.63, 3.8) is 0 Å². The third-order valence-corrected chi connectivity index (χ3v) is 3.81. The molecule has 1 aromatic rings. The molecule has 2 unspecified atom stereocenters. The Hall–Kier alpha value is -0.820. The number of hydrogen-bond acceptors (Lipinski definition) is 1. The topological polar surface area (TPSA) is 26.0 Å². The van der Waals surface area contributed by atoms with E-state index in [1.54, 1.807) is 0 Å². The summed E-state index contributed by atoms with van der Waals surface area (Å²) in [7, 11) is 0. The van der Waals surface area contributed by atoms with Crippen LogP contribution in [0.4, 0.5) is 0 Å². The third kappa shape index (κ3) is 2.07. The van der Waals surface area contributed by atoms with Crippen molar-refractivity contribution in [2.75, 3.05) is 0 Å². The van der Waals surface area contributed by atoms with E-state index < -0.39 is 0 Å². The highest BCUT2D eigenvalue weighted by Gasteiger charge is 2.34. The highest BCUT2D eigenvalue weighted by molar-refractivity contribution is 5.31. The largest absolute Gasteiger partial charge is 0.328 e. The Morgan fingerprint density at radius 3 is 2.87 bits per heavy atom. The molecule has 1 nitrogen and oxygen atoms in total. The molecule has 2 atom stereocenters. The molecular weight excluding hydrogens is 182 g/mol. The molecule has 0 spiro atoms. The van der Waals surface area contributed by atoms with Crippen LogP contribution in [0, 0.1) is 0 Å².